The number of rotatable bonds is 8. The minimum atomic E-state index is -1.06. The molecular weight excluding hydrogens is 502 g/mol. The smallest absolute Gasteiger partial charge is 0.338 e. The SMILES string of the molecule is COc1ccc(-c2nc(SN3CCOCC3)c3sc(CN(C)c4ncc(C(=O)O)cn4)cc3n2)cn1. The maximum atomic E-state index is 11.1. The van der Waals surface area contributed by atoms with Gasteiger partial charge in [0.2, 0.25) is 11.8 Å². The van der Waals surface area contributed by atoms with Crippen molar-refractivity contribution in [2.45, 2.75) is 11.6 Å². The summed E-state index contributed by atoms with van der Waals surface area (Å²) in [7, 11) is 3.45. The predicted molar refractivity (Wildman–Crippen MR) is 137 cm³/mol. The number of anilines is 1. The Morgan fingerprint density at radius 2 is 1.97 bits per heavy atom. The standard InChI is InChI=1S/C23H23N7O4S2/c1-29(23-25-11-15(12-26-23)22(31)32)13-16-9-17-19(35-16)21(36-30-5-7-34-8-6-30)28-20(27-17)14-3-4-18(33-2)24-10-14/h3-4,9-12H,5-8,13H2,1-2H3,(H,31,32). The zero-order valence-electron chi connectivity index (χ0n) is 19.6. The third-order valence-electron chi connectivity index (χ3n) is 5.40. The van der Waals surface area contributed by atoms with Gasteiger partial charge in [-0.05, 0) is 24.1 Å². The van der Waals surface area contributed by atoms with Gasteiger partial charge in [0.05, 0.1) is 42.6 Å². The number of methoxy groups -OCH3 is 1. The lowest BCUT2D eigenvalue weighted by Crippen LogP contribution is -2.31. The van der Waals surface area contributed by atoms with Crippen molar-refractivity contribution in [3.8, 4) is 17.3 Å². The summed E-state index contributed by atoms with van der Waals surface area (Å²) in [5.41, 5.74) is 1.70. The Hall–Kier alpha value is -3.39. The molecule has 1 N–H and O–H groups in total. The number of aromatic carboxylic acids is 1. The fraction of sp³-hybridized carbons (Fsp3) is 0.304. The van der Waals surface area contributed by atoms with E-state index in [4.69, 9.17) is 24.5 Å². The molecule has 4 aromatic rings. The highest BCUT2D eigenvalue weighted by Crippen LogP contribution is 2.36. The molecule has 1 fully saturated rings. The average Bonchev–Trinajstić information content (AvgIpc) is 3.32. The van der Waals surface area contributed by atoms with Gasteiger partial charge in [-0.15, -0.1) is 11.3 Å². The number of hydrogen-bond acceptors (Lipinski definition) is 12. The Kier molecular flexibility index (Phi) is 7.23. The normalized spacial score (nSPS) is 14.2. The molecular formula is C23H23N7O4S2. The Balaban J connectivity index is 1.46. The molecule has 0 aromatic carbocycles. The van der Waals surface area contributed by atoms with Crippen molar-refractivity contribution < 1.29 is 19.4 Å². The van der Waals surface area contributed by atoms with E-state index in [2.05, 4.69) is 19.3 Å². The molecule has 5 rings (SSSR count). The fourth-order valence-corrected chi connectivity index (χ4v) is 5.71. The summed E-state index contributed by atoms with van der Waals surface area (Å²) in [6.45, 7) is 3.56. The van der Waals surface area contributed by atoms with E-state index in [9.17, 15) is 4.79 Å². The third-order valence-corrected chi connectivity index (χ3v) is 7.74. The second kappa shape index (κ2) is 10.7. The molecule has 5 heterocycles. The lowest BCUT2D eigenvalue weighted by Gasteiger charge is -2.25. The molecule has 1 saturated heterocycles. The zero-order valence-corrected chi connectivity index (χ0v) is 21.3. The summed E-state index contributed by atoms with van der Waals surface area (Å²) in [5.74, 6) is 0.512. The number of aromatic nitrogens is 5. The van der Waals surface area contributed by atoms with Gasteiger partial charge in [-0.3, -0.25) is 0 Å². The number of morpholine rings is 1. The maximum absolute atomic E-state index is 11.1. The van der Waals surface area contributed by atoms with Crippen molar-refractivity contribution in [2.24, 2.45) is 0 Å². The second-order valence-corrected chi connectivity index (χ2v) is 10.2. The van der Waals surface area contributed by atoms with E-state index in [1.807, 2.05) is 24.1 Å². The van der Waals surface area contributed by atoms with Gasteiger partial charge in [0, 0.05) is 55.2 Å². The van der Waals surface area contributed by atoms with Crippen LogP contribution in [0.3, 0.4) is 0 Å². The van der Waals surface area contributed by atoms with Crippen LogP contribution in [0.15, 0.2) is 41.8 Å². The third kappa shape index (κ3) is 5.38. The zero-order chi connectivity index (χ0) is 25.1. The number of nitrogens with zero attached hydrogens (tertiary/aromatic N) is 7. The molecule has 36 heavy (non-hydrogen) atoms. The fourth-order valence-electron chi connectivity index (χ4n) is 3.55. The first-order valence-electron chi connectivity index (χ1n) is 11.1. The lowest BCUT2D eigenvalue weighted by molar-refractivity contribution is 0.0696. The van der Waals surface area contributed by atoms with Crippen LogP contribution in [-0.4, -0.2) is 80.8 Å². The van der Waals surface area contributed by atoms with Gasteiger partial charge < -0.3 is 19.5 Å². The van der Waals surface area contributed by atoms with E-state index in [-0.39, 0.29) is 5.56 Å². The highest BCUT2D eigenvalue weighted by molar-refractivity contribution is 7.97. The molecule has 11 nitrogen and oxygen atoms in total. The summed E-state index contributed by atoms with van der Waals surface area (Å²) < 4.78 is 13.9. The molecule has 13 heteroatoms. The van der Waals surface area contributed by atoms with Crippen LogP contribution in [0.5, 0.6) is 5.88 Å². The first-order valence-corrected chi connectivity index (χ1v) is 12.7. The molecule has 0 amide bonds. The van der Waals surface area contributed by atoms with Gasteiger partial charge >= 0.3 is 5.97 Å². The molecule has 1 aliphatic heterocycles. The van der Waals surface area contributed by atoms with Crippen LogP contribution in [0.4, 0.5) is 5.95 Å². The Labute approximate surface area is 215 Å². The van der Waals surface area contributed by atoms with Crippen LogP contribution >= 0.6 is 23.3 Å². The molecule has 0 aliphatic carbocycles. The molecule has 0 bridgehead atoms. The van der Waals surface area contributed by atoms with Crippen LogP contribution in [0.25, 0.3) is 21.6 Å². The molecule has 0 unspecified atom stereocenters. The van der Waals surface area contributed by atoms with Crippen molar-refractivity contribution >= 4 is 45.4 Å². The van der Waals surface area contributed by atoms with Crippen molar-refractivity contribution in [1.29, 1.82) is 0 Å². The van der Waals surface area contributed by atoms with Crippen LogP contribution < -0.4 is 9.64 Å². The first kappa shape index (κ1) is 24.3. The van der Waals surface area contributed by atoms with E-state index in [0.717, 1.165) is 38.8 Å². The van der Waals surface area contributed by atoms with Crippen molar-refractivity contribution in [1.82, 2.24) is 29.2 Å². The van der Waals surface area contributed by atoms with E-state index in [1.165, 1.54) is 12.4 Å². The van der Waals surface area contributed by atoms with Gasteiger partial charge in [-0.1, -0.05) is 0 Å². The van der Waals surface area contributed by atoms with Crippen LogP contribution in [-0.2, 0) is 11.3 Å². The monoisotopic (exact) mass is 525 g/mol. The molecule has 0 saturated carbocycles. The van der Waals surface area contributed by atoms with E-state index in [1.54, 1.807) is 42.7 Å². The number of pyridine rings is 1. The largest absolute Gasteiger partial charge is 0.481 e. The van der Waals surface area contributed by atoms with E-state index < -0.39 is 5.97 Å². The first-order chi connectivity index (χ1) is 17.5. The summed E-state index contributed by atoms with van der Waals surface area (Å²) in [6.07, 6.45) is 4.33. The Bertz CT molecular complexity index is 1360. The number of hydrogen-bond donors (Lipinski definition) is 1. The summed E-state index contributed by atoms with van der Waals surface area (Å²) in [6, 6.07) is 5.74. The molecule has 1 aliphatic rings. The van der Waals surface area contributed by atoms with Crippen molar-refractivity contribution in [3.63, 3.8) is 0 Å². The van der Waals surface area contributed by atoms with Crippen LogP contribution in [0.1, 0.15) is 15.2 Å². The van der Waals surface area contributed by atoms with Crippen molar-refractivity contribution in [3.05, 3.63) is 47.2 Å². The van der Waals surface area contributed by atoms with E-state index in [0.29, 0.717) is 37.4 Å². The van der Waals surface area contributed by atoms with Gasteiger partial charge in [0.15, 0.2) is 5.82 Å². The maximum Gasteiger partial charge on any atom is 0.338 e. The predicted octanol–water partition coefficient (Wildman–Crippen LogP) is 3.23. The number of ether oxygens (including phenoxy) is 2. The topological polar surface area (TPSA) is 127 Å². The molecule has 0 radical (unpaired) electrons. The number of fused-ring (bicyclic) bond motifs is 1. The average molecular weight is 526 g/mol. The van der Waals surface area contributed by atoms with Gasteiger partial charge in [-0.25, -0.2) is 34.0 Å². The number of thiophene rings is 1. The minimum absolute atomic E-state index is 0.0506. The summed E-state index contributed by atoms with van der Waals surface area (Å²) in [4.78, 5) is 36.4. The summed E-state index contributed by atoms with van der Waals surface area (Å²) in [5, 5.41) is 9.96. The van der Waals surface area contributed by atoms with Crippen LogP contribution in [0.2, 0.25) is 0 Å². The number of carboxylic acids is 1. The van der Waals surface area contributed by atoms with Gasteiger partial charge in [0.25, 0.3) is 0 Å². The minimum Gasteiger partial charge on any atom is -0.481 e. The number of carbonyl (C=O) groups is 1. The van der Waals surface area contributed by atoms with E-state index >= 15 is 0 Å². The molecule has 4 aromatic heterocycles. The Morgan fingerprint density at radius 3 is 2.64 bits per heavy atom. The van der Waals surface area contributed by atoms with Gasteiger partial charge in [-0.2, -0.15) is 0 Å². The quantitative estimate of drug-likeness (QED) is 0.268. The highest BCUT2D eigenvalue weighted by Gasteiger charge is 2.20. The molecule has 0 spiro atoms. The van der Waals surface area contributed by atoms with Crippen molar-refractivity contribution in [2.75, 3.05) is 45.4 Å². The van der Waals surface area contributed by atoms with Crippen LogP contribution in [0, 0.1) is 0 Å². The second-order valence-electron chi connectivity index (χ2n) is 7.93. The highest BCUT2D eigenvalue weighted by atomic mass is 32.2. The van der Waals surface area contributed by atoms with Gasteiger partial charge in [0.1, 0.15) is 5.03 Å². The Morgan fingerprint density at radius 1 is 1.19 bits per heavy atom. The molecule has 0 atom stereocenters. The summed E-state index contributed by atoms with van der Waals surface area (Å²) >= 11 is 3.24. The lowest BCUT2D eigenvalue weighted by atomic mass is 10.2. The molecule has 186 valence electrons. The number of carboxylic acid groups (broad SMARTS) is 1.